The summed E-state index contributed by atoms with van der Waals surface area (Å²) in [5.74, 6) is -0.665. The molecule has 0 radical (unpaired) electrons. The van der Waals surface area contributed by atoms with E-state index >= 15 is 0 Å². The quantitative estimate of drug-likeness (QED) is 0.287. The molecule has 0 aliphatic rings. The van der Waals surface area contributed by atoms with Gasteiger partial charge in [-0.25, -0.2) is 0 Å². The van der Waals surface area contributed by atoms with Gasteiger partial charge in [0.2, 0.25) is 0 Å². The van der Waals surface area contributed by atoms with Crippen LogP contribution in [0, 0.1) is 28.6 Å². The molecule has 0 amide bonds. The maximum absolute atomic E-state index is 12.7. The molecule has 0 saturated carbocycles. The number of nitrogens with zero attached hydrogens (tertiary/aromatic N) is 1. The molecule has 1 N–H and O–H groups in total. The molecule has 186 valence electrons. The average Bonchev–Trinajstić information content (AvgIpc) is 2.83. The summed E-state index contributed by atoms with van der Waals surface area (Å²) in [5.41, 5.74) is -0.945. The Bertz CT molecular complexity index is 1250. The molecule has 0 spiro atoms. The molecule has 3 atom stereocenters. The molecule has 7 heteroatoms. The molecule has 0 fully saturated rings. The molecule has 0 heterocycles. The number of carboxylic acid groups (broad SMARTS) is 1. The van der Waals surface area contributed by atoms with Crippen molar-refractivity contribution in [3.8, 4) is 29.1 Å². The van der Waals surface area contributed by atoms with Crippen molar-refractivity contribution < 1.29 is 19.4 Å². The van der Waals surface area contributed by atoms with Crippen LogP contribution in [-0.2, 0) is 4.79 Å². The fourth-order valence-electron chi connectivity index (χ4n) is 4.57. The van der Waals surface area contributed by atoms with Crippen LogP contribution in [0.3, 0.4) is 0 Å². The summed E-state index contributed by atoms with van der Waals surface area (Å²) in [6.45, 7) is 5.28. The molecular weight excluding hydrogens is 497 g/mol. The van der Waals surface area contributed by atoms with Gasteiger partial charge in [0, 0.05) is 0 Å². The van der Waals surface area contributed by atoms with E-state index in [1.165, 1.54) is 6.08 Å². The molecule has 3 aromatic carbocycles. The number of benzene rings is 3. The molecule has 5 nitrogen and oxygen atoms in total. The van der Waals surface area contributed by atoms with Gasteiger partial charge in [-0.1, -0.05) is 80.4 Å². The van der Waals surface area contributed by atoms with Gasteiger partial charge in [0.05, 0.1) is 17.4 Å². The number of halogens is 2. The Hall–Kier alpha value is -3.46. The predicted octanol–water partition coefficient (Wildman–Crippen LogP) is 8.56. The van der Waals surface area contributed by atoms with Crippen molar-refractivity contribution in [3.05, 3.63) is 95.0 Å². The first kappa shape index (κ1) is 27.1. The molecule has 3 aromatic rings. The molecule has 0 saturated heterocycles. The monoisotopic (exact) mass is 523 g/mol. The zero-order valence-electron chi connectivity index (χ0n) is 20.2. The smallest absolute Gasteiger partial charge is 0.312 e. The van der Waals surface area contributed by atoms with Crippen LogP contribution in [0.2, 0.25) is 0 Å². The minimum absolute atomic E-state index is 0.0396. The van der Waals surface area contributed by atoms with Gasteiger partial charge >= 0.3 is 5.97 Å². The maximum atomic E-state index is 12.7. The number of allylic oxidation sites excluding steroid dienone is 1. The Morgan fingerprint density at radius 2 is 1.42 bits per heavy atom. The summed E-state index contributed by atoms with van der Waals surface area (Å²) in [6, 6.07) is 25.7. The number of para-hydroxylation sites is 1. The van der Waals surface area contributed by atoms with E-state index in [-0.39, 0.29) is 4.49 Å². The fraction of sp³-hybridized carbons (Fsp3) is 0.241. The SMILES string of the molecule is CC(C)C(C(=O)O)(C(C)C=C(Cl)Cl)C(C#N)c1cccc(Oc2ccc(Oc3ccccc3)cc2)c1. The van der Waals surface area contributed by atoms with E-state index in [9.17, 15) is 15.2 Å². The Labute approximate surface area is 221 Å². The summed E-state index contributed by atoms with van der Waals surface area (Å²) in [6.07, 6.45) is 1.47. The Morgan fingerprint density at radius 1 is 0.889 bits per heavy atom. The van der Waals surface area contributed by atoms with Crippen LogP contribution in [0.25, 0.3) is 0 Å². The van der Waals surface area contributed by atoms with E-state index in [4.69, 9.17) is 32.7 Å². The fourth-order valence-corrected chi connectivity index (χ4v) is 4.94. The third kappa shape index (κ3) is 6.02. The largest absolute Gasteiger partial charge is 0.481 e. The number of carbonyl (C=O) groups is 1. The lowest BCUT2D eigenvalue weighted by molar-refractivity contribution is -0.155. The van der Waals surface area contributed by atoms with Gasteiger partial charge in [-0.2, -0.15) is 5.26 Å². The third-order valence-corrected chi connectivity index (χ3v) is 6.54. The van der Waals surface area contributed by atoms with E-state index in [2.05, 4.69) is 6.07 Å². The Morgan fingerprint density at radius 3 is 1.92 bits per heavy atom. The first-order valence-corrected chi connectivity index (χ1v) is 12.2. The van der Waals surface area contributed by atoms with E-state index in [0.29, 0.717) is 22.8 Å². The van der Waals surface area contributed by atoms with E-state index in [1.54, 1.807) is 69.3 Å². The van der Waals surface area contributed by atoms with Gasteiger partial charge < -0.3 is 14.6 Å². The zero-order chi connectivity index (χ0) is 26.3. The van der Waals surface area contributed by atoms with Gasteiger partial charge in [-0.05, 0) is 65.9 Å². The summed E-state index contributed by atoms with van der Waals surface area (Å²) >= 11 is 11.8. The lowest BCUT2D eigenvalue weighted by Crippen LogP contribution is -2.46. The normalized spacial score (nSPS) is 14.1. The van der Waals surface area contributed by atoms with Crippen LogP contribution in [-0.4, -0.2) is 11.1 Å². The average molecular weight is 524 g/mol. The van der Waals surface area contributed by atoms with Gasteiger partial charge in [0.15, 0.2) is 0 Å². The number of aliphatic carboxylic acids is 1. The van der Waals surface area contributed by atoms with Crippen molar-refractivity contribution in [2.24, 2.45) is 17.3 Å². The van der Waals surface area contributed by atoms with Gasteiger partial charge in [-0.15, -0.1) is 0 Å². The van der Waals surface area contributed by atoms with Crippen molar-refractivity contribution >= 4 is 29.2 Å². The molecule has 36 heavy (non-hydrogen) atoms. The van der Waals surface area contributed by atoms with Crippen LogP contribution in [0.5, 0.6) is 23.0 Å². The first-order chi connectivity index (χ1) is 17.2. The van der Waals surface area contributed by atoms with Crippen LogP contribution in [0.4, 0.5) is 0 Å². The highest BCUT2D eigenvalue weighted by Crippen LogP contribution is 2.50. The van der Waals surface area contributed by atoms with E-state index < -0.39 is 29.1 Å². The predicted molar refractivity (Wildman–Crippen MR) is 142 cm³/mol. The topological polar surface area (TPSA) is 79.5 Å². The highest BCUT2D eigenvalue weighted by molar-refractivity contribution is 6.55. The van der Waals surface area contributed by atoms with Crippen molar-refractivity contribution in [3.63, 3.8) is 0 Å². The van der Waals surface area contributed by atoms with Crippen LogP contribution >= 0.6 is 23.2 Å². The van der Waals surface area contributed by atoms with Crippen molar-refractivity contribution in [1.29, 1.82) is 5.26 Å². The minimum Gasteiger partial charge on any atom is -0.481 e. The molecule has 3 rings (SSSR count). The van der Waals surface area contributed by atoms with Gasteiger partial charge in [-0.3, -0.25) is 4.79 Å². The van der Waals surface area contributed by atoms with Crippen LogP contribution in [0.1, 0.15) is 32.3 Å². The lowest BCUT2D eigenvalue weighted by atomic mass is 9.59. The molecule has 0 aromatic heterocycles. The number of rotatable bonds is 10. The lowest BCUT2D eigenvalue weighted by Gasteiger charge is -2.41. The second-order valence-electron chi connectivity index (χ2n) is 8.76. The van der Waals surface area contributed by atoms with Gasteiger partial charge in [0.1, 0.15) is 27.5 Å². The van der Waals surface area contributed by atoms with Crippen molar-refractivity contribution in [2.45, 2.75) is 26.7 Å². The van der Waals surface area contributed by atoms with Crippen molar-refractivity contribution in [2.75, 3.05) is 0 Å². The van der Waals surface area contributed by atoms with Crippen molar-refractivity contribution in [1.82, 2.24) is 0 Å². The van der Waals surface area contributed by atoms with Gasteiger partial charge in [0.25, 0.3) is 0 Å². The van der Waals surface area contributed by atoms with E-state index in [1.807, 2.05) is 30.3 Å². The summed E-state index contributed by atoms with van der Waals surface area (Å²) in [5, 5.41) is 20.5. The molecular formula is C29H27Cl2NO4. The standard InChI is InChI=1S/C29H27Cl2NO4/c1-19(2)29(28(33)34,20(3)16-27(30)31)26(18-32)21-8-7-11-25(17-21)36-24-14-12-23(13-15-24)35-22-9-5-4-6-10-22/h4-17,19-20,26H,1-3H3,(H,33,34). The molecule has 3 unspecified atom stereocenters. The Kier molecular flexibility index (Phi) is 9.03. The Balaban J connectivity index is 1.89. The minimum atomic E-state index is -1.47. The maximum Gasteiger partial charge on any atom is 0.312 e. The molecule has 0 aliphatic carbocycles. The highest BCUT2D eigenvalue weighted by Gasteiger charge is 2.53. The zero-order valence-corrected chi connectivity index (χ0v) is 21.7. The van der Waals surface area contributed by atoms with Crippen LogP contribution < -0.4 is 9.47 Å². The molecule has 0 bridgehead atoms. The number of carboxylic acids is 1. The summed E-state index contributed by atoms with van der Waals surface area (Å²) in [4.78, 5) is 12.7. The van der Waals surface area contributed by atoms with E-state index in [0.717, 1.165) is 5.75 Å². The summed E-state index contributed by atoms with van der Waals surface area (Å²) < 4.78 is 11.8. The number of hydrogen-bond acceptors (Lipinski definition) is 4. The number of nitriles is 1. The molecule has 0 aliphatic heterocycles. The number of hydrogen-bond donors (Lipinski definition) is 1. The summed E-state index contributed by atoms with van der Waals surface area (Å²) in [7, 11) is 0. The second-order valence-corrected chi connectivity index (χ2v) is 9.77. The highest BCUT2D eigenvalue weighted by atomic mass is 35.5. The number of ether oxygens (including phenoxy) is 2. The van der Waals surface area contributed by atoms with Crippen LogP contribution in [0.15, 0.2) is 89.4 Å². The second kappa shape index (κ2) is 12.0. The third-order valence-electron chi connectivity index (χ3n) is 6.29. The first-order valence-electron chi connectivity index (χ1n) is 11.4.